The number of hydrogen-bond acceptors (Lipinski definition) is 2. The Balaban J connectivity index is 1.99. The van der Waals surface area contributed by atoms with Gasteiger partial charge in [0.2, 0.25) is 0 Å². The van der Waals surface area contributed by atoms with Crippen molar-refractivity contribution in [3.05, 3.63) is 71.0 Å². The lowest BCUT2D eigenvalue weighted by Crippen LogP contribution is -2.28. The van der Waals surface area contributed by atoms with E-state index in [4.69, 9.17) is 0 Å². The fraction of sp³-hybridized carbons (Fsp3) is 0.133. The molecule has 2 N–H and O–H groups in total. The average Bonchev–Trinajstić information content (AvgIpc) is 2.47. The number of carbonyl (C=O) groups excluding carboxylic acids is 1. The molecule has 0 aromatic heterocycles. The summed E-state index contributed by atoms with van der Waals surface area (Å²) in [6, 6.07) is 8.03. The predicted octanol–water partition coefficient (Wildman–Crippen LogP) is 2.57. The number of benzene rings is 2. The Bertz CT molecular complexity index is 661. The van der Waals surface area contributed by atoms with Gasteiger partial charge in [-0.3, -0.25) is 4.79 Å². The number of hydrogen-bond donors (Lipinski definition) is 2. The molecule has 0 unspecified atom stereocenters. The monoisotopic (exact) mass is 295 g/mol. The Morgan fingerprint density at radius 1 is 1.10 bits per heavy atom. The van der Waals surface area contributed by atoms with Crippen molar-refractivity contribution in [2.24, 2.45) is 0 Å². The van der Waals surface area contributed by atoms with Crippen LogP contribution in [0.15, 0.2) is 42.5 Å². The molecule has 110 valence electrons. The van der Waals surface area contributed by atoms with Gasteiger partial charge in [0.05, 0.1) is 6.10 Å². The summed E-state index contributed by atoms with van der Waals surface area (Å²) in [5.41, 5.74) is 0.237. The fourth-order valence-corrected chi connectivity index (χ4v) is 1.76. The van der Waals surface area contributed by atoms with E-state index in [0.717, 1.165) is 18.2 Å². The molecule has 0 aliphatic heterocycles. The quantitative estimate of drug-likeness (QED) is 0.911. The van der Waals surface area contributed by atoms with Gasteiger partial charge in [0.1, 0.15) is 5.82 Å². The number of halogens is 3. The summed E-state index contributed by atoms with van der Waals surface area (Å²) < 4.78 is 38.8. The Morgan fingerprint density at radius 2 is 1.86 bits per heavy atom. The molecule has 6 heteroatoms. The third-order valence-corrected chi connectivity index (χ3v) is 2.87. The van der Waals surface area contributed by atoms with E-state index in [1.54, 1.807) is 0 Å². The van der Waals surface area contributed by atoms with Crippen LogP contribution in [-0.4, -0.2) is 17.6 Å². The minimum atomic E-state index is -1.20. The first-order valence-electron chi connectivity index (χ1n) is 6.14. The number of amides is 1. The van der Waals surface area contributed by atoms with Gasteiger partial charge in [-0.15, -0.1) is 0 Å². The van der Waals surface area contributed by atoms with Gasteiger partial charge in [0, 0.05) is 12.1 Å². The Labute approximate surface area is 119 Å². The maximum Gasteiger partial charge on any atom is 0.251 e. The van der Waals surface area contributed by atoms with Crippen LogP contribution in [0.25, 0.3) is 0 Å². The molecule has 1 amide bonds. The van der Waals surface area contributed by atoms with E-state index in [9.17, 15) is 23.1 Å². The van der Waals surface area contributed by atoms with Crippen molar-refractivity contribution >= 4 is 5.91 Å². The lowest BCUT2D eigenvalue weighted by Gasteiger charge is -2.12. The van der Waals surface area contributed by atoms with Gasteiger partial charge in [-0.25, -0.2) is 13.2 Å². The number of aliphatic hydroxyl groups excluding tert-OH is 1. The molecule has 2 aromatic carbocycles. The molecule has 0 aliphatic rings. The van der Waals surface area contributed by atoms with Gasteiger partial charge in [0.15, 0.2) is 11.6 Å². The second-order valence-corrected chi connectivity index (χ2v) is 4.41. The average molecular weight is 295 g/mol. The third kappa shape index (κ3) is 3.82. The molecule has 0 spiro atoms. The number of carbonyl (C=O) groups is 1. The van der Waals surface area contributed by atoms with Crippen LogP contribution in [0.4, 0.5) is 13.2 Å². The van der Waals surface area contributed by atoms with Crippen LogP contribution >= 0.6 is 0 Å². The van der Waals surface area contributed by atoms with Crippen molar-refractivity contribution in [2.45, 2.75) is 6.10 Å². The van der Waals surface area contributed by atoms with Crippen molar-refractivity contribution in [2.75, 3.05) is 6.54 Å². The maximum absolute atomic E-state index is 13.0. The largest absolute Gasteiger partial charge is 0.387 e. The topological polar surface area (TPSA) is 49.3 Å². The molecule has 0 saturated heterocycles. The van der Waals surface area contributed by atoms with E-state index in [1.807, 2.05) is 0 Å². The minimum Gasteiger partial charge on any atom is -0.387 e. The molecule has 21 heavy (non-hydrogen) atoms. The van der Waals surface area contributed by atoms with E-state index < -0.39 is 29.5 Å². The van der Waals surface area contributed by atoms with Crippen molar-refractivity contribution in [3.63, 3.8) is 0 Å². The van der Waals surface area contributed by atoms with Crippen LogP contribution in [0.3, 0.4) is 0 Å². The summed E-state index contributed by atoms with van der Waals surface area (Å²) in [7, 11) is 0. The van der Waals surface area contributed by atoms with Gasteiger partial charge < -0.3 is 10.4 Å². The Morgan fingerprint density at radius 3 is 2.52 bits per heavy atom. The maximum atomic E-state index is 13.0. The molecule has 0 fully saturated rings. The Kier molecular flexibility index (Phi) is 4.59. The normalized spacial score (nSPS) is 12.0. The summed E-state index contributed by atoms with van der Waals surface area (Å²) >= 11 is 0. The van der Waals surface area contributed by atoms with Gasteiger partial charge in [0.25, 0.3) is 5.91 Å². The van der Waals surface area contributed by atoms with E-state index in [0.29, 0.717) is 0 Å². The highest BCUT2D eigenvalue weighted by Crippen LogP contribution is 2.15. The van der Waals surface area contributed by atoms with Crippen LogP contribution in [0.1, 0.15) is 22.0 Å². The van der Waals surface area contributed by atoms with Gasteiger partial charge in [-0.1, -0.05) is 12.1 Å². The summed E-state index contributed by atoms with van der Waals surface area (Å²) in [4.78, 5) is 11.7. The van der Waals surface area contributed by atoms with E-state index in [2.05, 4.69) is 5.32 Å². The number of nitrogens with one attached hydrogen (secondary N) is 1. The molecule has 1 atom stereocenters. The van der Waals surface area contributed by atoms with Crippen LogP contribution in [0.5, 0.6) is 0 Å². The lowest BCUT2D eigenvalue weighted by molar-refractivity contribution is 0.0915. The zero-order valence-corrected chi connectivity index (χ0v) is 10.8. The molecule has 0 radical (unpaired) electrons. The molecule has 0 aliphatic carbocycles. The van der Waals surface area contributed by atoms with Crippen molar-refractivity contribution in [1.82, 2.24) is 5.32 Å². The second-order valence-electron chi connectivity index (χ2n) is 4.41. The summed E-state index contributed by atoms with van der Waals surface area (Å²) in [5, 5.41) is 12.2. The van der Waals surface area contributed by atoms with E-state index in [-0.39, 0.29) is 17.7 Å². The number of aliphatic hydroxyl groups is 1. The Hall–Kier alpha value is -2.34. The van der Waals surface area contributed by atoms with Crippen LogP contribution in [0, 0.1) is 17.5 Å². The first kappa shape index (κ1) is 15.1. The first-order valence-corrected chi connectivity index (χ1v) is 6.14. The van der Waals surface area contributed by atoms with Crippen LogP contribution in [0.2, 0.25) is 0 Å². The molecule has 0 saturated carbocycles. The number of rotatable bonds is 4. The fourth-order valence-electron chi connectivity index (χ4n) is 1.76. The molecule has 3 nitrogen and oxygen atoms in total. The standard InChI is InChI=1S/C15H12F3NO2/c16-11-3-1-2-10(6-11)15(21)19-8-14(20)9-4-5-12(17)13(18)7-9/h1-7,14,20H,8H2,(H,19,21)/t14-/m1/s1. The van der Waals surface area contributed by atoms with Crippen molar-refractivity contribution in [1.29, 1.82) is 0 Å². The van der Waals surface area contributed by atoms with Crippen molar-refractivity contribution in [3.8, 4) is 0 Å². The summed E-state index contributed by atoms with van der Waals surface area (Å²) in [6.45, 7) is -0.208. The summed E-state index contributed by atoms with van der Waals surface area (Å²) in [6.07, 6.45) is -1.20. The smallest absolute Gasteiger partial charge is 0.251 e. The van der Waals surface area contributed by atoms with E-state index in [1.165, 1.54) is 24.3 Å². The molecule has 2 aromatic rings. The predicted molar refractivity (Wildman–Crippen MR) is 70.1 cm³/mol. The molecule has 2 rings (SSSR count). The molecule has 0 heterocycles. The second kappa shape index (κ2) is 6.41. The lowest BCUT2D eigenvalue weighted by atomic mass is 10.1. The van der Waals surface area contributed by atoms with Gasteiger partial charge in [-0.2, -0.15) is 0 Å². The van der Waals surface area contributed by atoms with Gasteiger partial charge >= 0.3 is 0 Å². The third-order valence-electron chi connectivity index (χ3n) is 2.87. The van der Waals surface area contributed by atoms with Crippen LogP contribution in [-0.2, 0) is 0 Å². The summed E-state index contributed by atoms with van der Waals surface area (Å²) in [5.74, 6) is -3.22. The molecule has 0 bridgehead atoms. The van der Waals surface area contributed by atoms with Crippen LogP contribution < -0.4 is 5.32 Å². The highest BCUT2D eigenvalue weighted by molar-refractivity contribution is 5.94. The zero-order valence-electron chi connectivity index (χ0n) is 10.8. The minimum absolute atomic E-state index is 0.104. The van der Waals surface area contributed by atoms with Gasteiger partial charge in [-0.05, 0) is 35.9 Å². The SMILES string of the molecule is O=C(NC[C@@H](O)c1ccc(F)c(F)c1)c1cccc(F)c1. The zero-order chi connectivity index (χ0) is 15.4. The highest BCUT2D eigenvalue weighted by atomic mass is 19.2. The highest BCUT2D eigenvalue weighted by Gasteiger charge is 2.13. The van der Waals surface area contributed by atoms with E-state index >= 15 is 0 Å². The molecular weight excluding hydrogens is 283 g/mol. The molecular formula is C15H12F3NO2. The first-order chi connectivity index (χ1) is 9.97. The van der Waals surface area contributed by atoms with Crippen molar-refractivity contribution < 1.29 is 23.1 Å².